The summed E-state index contributed by atoms with van der Waals surface area (Å²) in [5, 5.41) is 4.95. The monoisotopic (exact) mass is 402 g/mol. The third-order valence-electron chi connectivity index (χ3n) is 5.08. The lowest BCUT2D eigenvalue weighted by molar-refractivity contribution is -0.122. The van der Waals surface area contributed by atoms with Crippen molar-refractivity contribution in [1.82, 2.24) is 9.38 Å². The molecule has 1 aliphatic rings. The summed E-state index contributed by atoms with van der Waals surface area (Å²) in [4.78, 5) is 32.4. The summed E-state index contributed by atoms with van der Waals surface area (Å²) in [5.74, 6) is -0.535. The Morgan fingerprint density at radius 1 is 1.14 bits per heavy atom. The van der Waals surface area contributed by atoms with Crippen LogP contribution in [0.25, 0.3) is 16.2 Å². The molecule has 1 atom stereocenters. The van der Waals surface area contributed by atoms with E-state index in [0.717, 1.165) is 21.9 Å². The number of carbonyl (C=O) groups is 2. The molecule has 0 saturated carbocycles. The van der Waals surface area contributed by atoms with Gasteiger partial charge in [0.25, 0.3) is 0 Å². The number of para-hydroxylation sites is 1. The van der Waals surface area contributed by atoms with E-state index < -0.39 is 0 Å². The first-order chi connectivity index (χ1) is 14.2. The molecule has 4 aromatic rings. The van der Waals surface area contributed by atoms with Gasteiger partial charge in [-0.15, -0.1) is 11.3 Å². The predicted octanol–water partition coefficient (Wildman–Crippen LogP) is 4.05. The van der Waals surface area contributed by atoms with Gasteiger partial charge < -0.3 is 10.2 Å². The Labute approximate surface area is 171 Å². The lowest BCUT2D eigenvalue weighted by Crippen LogP contribution is -2.28. The molecular weight excluding hydrogens is 384 g/mol. The van der Waals surface area contributed by atoms with Gasteiger partial charge in [-0.1, -0.05) is 30.3 Å². The number of benzene rings is 2. The van der Waals surface area contributed by atoms with Crippen LogP contribution in [0.15, 0.2) is 72.4 Å². The molecule has 0 radical (unpaired) electrons. The summed E-state index contributed by atoms with van der Waals surface area (Å²) in [6.07, 6.45) is 4.16. The third kappa shape index (κ3) is 3.40. The molecule has 5 rings (SSSR count). The van der Waals surface area contributed by atoms with Gasteiger partial charge in [0.2, 0.25) is 11.8 Å². The van der Waals surface area contributed by atoms with Gasteiger partial charge in [-0.2, -0.15) is 0 Å². The second-order valence-electron chi connectivity index (χ2n) is 7.03. The maximum absolute atomic E-state index is 12.8. The highest BCUT2D eigenvalue weighted by Crippen LogP contribution is 2.27. The topological polar surface area (TPSA) is 66.7 Å². The van der Waals surface area contributed by atoms with Crippen LogP contribution < -0.4 is 10.2 Å². The first-order valence-electron chi connectivity index (χ1n) is 9.36. The van der Waals surface area contributed by atoms with E-state index in [1.165, 1.54) is 0 Å². The van der Waals surface area contributed by atoms with E-state index in [2.05, 4.69) is 10.3 Å². The Balaban J connectivity index is 1.31. The van der Waals surface area contributed by atoms with Gasteiger partial charge in [-0.25, -0.2) is 4.98 Å². The Kier molecular flexibility index (Phi) is 4.37. The third-order valence-corrected chi connectivity index (χ3v) is 5.85. The number of nitrogens with one attached hydrogen (secondary N) is 1. The molecule has 2 aromatic heterocycles. The van der Waals surface area contributed by atoms with Crippen LogP contribution in [0.3, 0.4) is 0 Å². The SMILES string of the molecule is O=C(Nc1cccc(-c2cn3ccsc3n2)c1)C1CC(=O)N(c2ccccc2)C1. The standard InChI is InChI=1S/C22H18N4O2S/c27-20-12-16(13-26(20)18-7-2-1-3-8-18)21(28)23-17-6-4-5-15(11-17)19-14-25-9-10-29-22(25)24-19/h1-11,14,16H,12-13H2,(H,23,28). The van der Waals surface area contributed by atoms with Crippen molar-refractivity contribution in [2.75, 3.05) is 16.8 Å². The van der Waals surface area contributed by atoms with Gasteiger partial charge in [0.1, 0.15) is 0 Å². The van der Waals surface area contributed by atoms with Crippen molar-refractivity contribution in [1.29, 1.82) is 0 Å². The minimum atomic E-state index is -0.371. The Bertz CT molecular complexity index is 1170. The summed E-state index contributed by atoms with van der Waals surface area (Å²) >= 11 is 1.58. The Morgan fingerprint density at radius 3 is 2.83 bits per heavy atom. The van der Waals surface area contributed by atoms with Crippen molar-refractivity contribution >= 4 is 39.5 Å². The molecule has 0 spiro atoms. The summed E-state index contributed by atoms with van der Waals surface area (Å²) in [5.41, 5.74) is 3.33. The average Bonchev–Trinajstić information content (AvgIpc) is 3.43. The van der Waals surface area contributed by atoms with Gasteiger partial charge in [-0.05, 0) is 24.3 Å². The number of carbonyl (C=O) groups excluding carboxylic acids is 2. The number of hydrogen-bond acceptors (Lipinski definition) is 4. The van der Waals surface area contributed by atoms with Gasteiger partial charge in [-0.3, -0.25) is 14.0 Å². The lowest BCUT2D eigenvalue weighted by atomic mass is 10.1. The van der Waals surface area contributed by atoms with E-state index in [9.17, 15) is 9.59 Å². The smallest absolute Gasteiger partial charge is 0.229 e. The van der Waals surface area contributed by atoms with Gasteiger partial charge in [0.15, 0.2) is 4.96 Å². The zero-order valence-electron chi connectivity index (χ0n) is 15.5. The highest BCUT2D eigenvalue weighted by molar-refractivity contribution is 7.15. The van der Waals surface area contributed by atoms with Crippen LogP contribution in [-0.4, -0.2) is 27.7 Å². The molecule has 2 aromatic carbocycles. The summed E-state index contributed by atoms with van der Waals surface area (Å²) in [6.45, 7) is 0.395. The zero-order chi connectivity index (χ0) is 19.8. The molecular formula is C22H18N4O2S. The quantitative estimate of drug-likeness (QED) is 0.560. The first-order valence-corrected chi connectivity index (χ1v) is 10.2. The van der Waals surface area contributed by atoms with Crippen molar-refractivity contribution in [3.8, 4) is 11.3 Å². The zero-order valence-corrected chi connectivity index (χ0v) is 16.3. The molecule has 1 saturated heterocycles. The van der Waals surface area contributed by atoms with Gasteiger partial charge in [0.05, 0.1) is 11.6 Å². The molecule has 3 heterocycles. The highest BCUT2D eigenvalue weighted by Gasteiger charge is 2.35. The molecule has 2 amide bonds. The molecule has 1 aliphatic heterocycles. The van der Waals surface area contributed by atoms with E-state index in [1.807, 2.05) is 76.8 Å². The fourth-order valence-electron chi connectivity index (χ4n) is 3.61. The number of fused-ring (bicyclic) bond motifs is 1. The van der Waals surface area contributed by atoms with E-state index in [4.69, 9.17) is 0 Å². The largest absolute Gasteiger partial charge is 0.326 e. The second kappa shape index (κ2) is 7.18. The van der Waals surface area contributed by atoms with Crippen LogP contribution >= 0.6 is 11.3 Å². The van der Waals surface area contributed by atoms with Crippen LogP contribution in [0.2, 0.25) is 0 Å². The number of aromatic nitrogens is 2. The number of rotatable bonds is 4. The fraction of sp³-hybridized carbons (Fsp3) is 0.136. The van der Waals surface area contributed by atoms with E-state index >= 15 is 0 Å². The van der Waals surface area contributed by atoms with Crippen LogP contribution in [0.5, 0.6) is 0 Å². The number of hydrogen-bond donors (Lipinski definition) is 1. The van der Waals surface area contributed by atoms with Crippen molar-refractivity contribution in [2.45, 2.75) is 6.42 Å². The normalized spacial score (nSPS) is 16.5. The molecule has 1 N–H and O–H groups in total. The first kappa shape index (κ1) is 17.6. The van der Waals surface area contributed by atoms with E-state index in [-0.39, 0.29) is 24.2 Å². The van der Waals surface area contributed by atoms with Crippen molar-refractivity contribution in [3.05, 3.63) is 72.4 Å². The average molecular weight is 402 g/mol. The van der Waals surface area contributed by atoms with E-state index in [0.29, 0.717) is 12.2 Å². The maximum atomic E-state index is 12.8. The van der Waals surface area contributed by atoms with E-state index in [1.54, 1.807) is 16.2 Å². The Morgan fingerprint density at radius 2 is 2.00 bits per heavy atom. The fourth-order valence-corrected chi connectivity index (χ4v) is 4.31. The lowest BCUT2D eigenvalue weighted by Gasteiger charge is -2.16. The number of imidazole rings is 1. The van der Waals surface area contributed by atoms with Crippen LogP contribution in [0, 0.1) is 5.92 Å². The number of anilines is 2. The Hall–Kier alpha value is -3.45. The second-order valence-corrected chi connectivity index (χ2v) is 7.90. The van der Waals surface area contributed by atoms with Crippen molar-refractivity contribution < 1.29 is 9.59 Å². The molecule has 0 aliphatic carbocycles. The van der Waals surface area contributed by atoms with Crippen LogP contribution in [0.1, 0.15) is 6.42 Å². The molecule has 0 bridgehead atoms. The van der Waals surface area contributed by atoms with Crippen LogP contribution in [-0.2, 0) is 9.59 Å². The minimum absolute atomic E-state index is 0.0248. The van der Waals surface area contributed by atoms with Crippen molar-refractivity contribution in [3.63, 3.8) is 0 Å². The summed E-state index contributed by atoms with van der Waals surface area (Å²) < 4.78 is 1.98. The number of amides is 2. The maximum Gasteiger partial charge on any atom is 0.229 e. The summed E-state index contributed by atoms with van der Waals surface area (Å²) in [6, 6.07) is 17.1. The molecule has 6 nitrogen and oxygen atoms in total. The van der Waals surface area contributed by atoms with Crippen LogP contribution in [0.4, 0.5) is 11.4 Å². The van der Waals surface area contributed by atoms with Crippen molar-refractivity contribution in [2.24, 2.45) is 5.92 Å². The van der Waals surface area contributed by atoms with Gasteiger partial charge >= 0.3 is 0 Å². The number of nitrogens with zero attached hydrogens (tertiary/aromatic N) is 3. The highest BCUT2D eigenvalue weighted by atomic mass is 32.1. The number of thiazole rings is 1. The summed E-state index contributed by atoms with van der Waals surface area (Å²) in [7, 11) is 0. The minimum Gasteiger partial charge on any atom is -0.326 e. The molecule has 29 heavy (non-hydrogen) atoms. The molecule has 1 fully saturated rings. The van der Waals surface area contributed by atoms with Gasteiger partial charge in [0, 0.05) is 47.7 Å². The molecule has 144 valence electrons. The molecule has 7 heteroatoms. The predicted molar refractivity (Wildman–Crippen MR) is 114 cm³/mol. The molecule has 1 unspecified atom stereocenters.